The number of halogens is 2. The molecule has 29 heavy (non-hydrogen) atoms. The number of rotatable bonds is 10. The van der Waals surface area contributed by atoms with Crippen molar-refractivity contribution in [2.75, 3.05) is 39.7 Å². The smallest absolute Gasteiger partial charge is 0.150 e. The van der Waals surface area contributed by atoms with Crippen molar-refractivity contribution < 1.29 is 8.42 Å². The van der Waals surface area contributed by atoms with Crippen LogP contribution in [-0.2, 0) is 9.84 Å². The molecule has 0 saturated carbocycles. The molecular weight excluding hydrogens is 427 g/mol. The van der Waals surface area contributed by atoms with Gasteiger partial charge in [0.05, 0.1) is 11.5 Å². The van der Waals surface area contributed by atoms with Crippen LogP contribution in [0, 0.1) is 0 Å². The van der Waals surface area contributed by atoms with Crippen LogP contribution in [-0.4, -0.2) is 57.9 Å². The molecule has 0 radical (unpaired) electrons. The SMILES string of the molecule is CN(C)C(CCS(=O)(=O)CCC(c1ccc(Cl)cc1)N(C)C)c1ccc(Cl)cc1. The molecule has 2 atom stereocenters. The summed E-state index contributed by atoms with van der Waals surface area (Å²) in [6.45, 7) is 0. The van der Waals surface area contributed by atoms with Gasteiger partial charge in [-0.25, -0.2) is 8.42 Å². The average Bonchev–Trinajstić information content (AvgIpc) is 2.64. The molecule has 0 aliphatic carbocycles. The van der Waals surface area contributed by atoms with Crippen LogP contribution in [0.15, 0.2) is 48.5 Å². The Morgan fingerprint density at radius 1 is 0.690 bits per heavy atom. The zero-order chi connectivity index (χ0) is 21.6. The zero-order valence-electron chi connectivity index (χ0n) is 17.5. The molecule has 0 N–H and O–H groups in total. The van der Waals surface area contributed by atoms with Gasteiger partial charge in [-0.05, 0) is 76.4 Å². The van der Waals surface area contributed by atoms with Gasteiger partial charge in [-0.15, -0.1) is 0 Å². The Balaban J connectivity index is 2.02. The Labute approximate surface area is 185 Å². The Kier molecular flexibility index (Phi) is 8.98. The first-order chi connectivity index (χ1) is 13.6. The van der Waals surface area contributed by atoms with Crippen molar-refractivity contribution in [3.63, 3.8) is 0 Å². The van der Waals surface area contributed by atoms with Crippen molar-refractivity contribution in [2.24, 2.45) is 0 Å². The molecule has 2 aromatic carbocycles. The van der Waals surface area contributed by atoms with Gasteiger partial charge in [-0.2, -0.15) is 0 Å². The molecule has 2 aromatic rings. The molecule has 0 bridgehead atoms. The topological polar surface area (TPSA) is 40.6 Å². The molecule has 0 aliphatic heterocycles. The van der Waals surface area contributed by atoms with Gasteiger partial charge in [0.25, 0.3) is 0 Å². The van der Waals surface area contributed by atoms with Gasteiger partial charge in [0, 0.05) is 22.1 Å². The number of sulfone groups is 1. The number of hydrogen-bond donors (Lipinski definition) is 0. The van der Waals surface area contributed by atoms with Crippen LogP contribution in [0.2, 0.25) is 10.0 Å². The first kappa shape index (κ1) is 24.2. The van der Waals surface area contributed by atoms with Crippen molar-refractivity contribution in [3.05, 3.63) is 69.7 Å². The van der Waals surface area contributed by atoms with Crippen LogP contribution >= 0.6 is 23.2 Å². The van der Waals surface area contributed by atoms with Gasteiger partial charge in [0.15, 0.2) is 0 Å². The molecule has 160 valence electrons. The van der Waals surface area contributed by atoms with E-state index in [9.17, 15) is 8.42 Å². The van der Waals surface area contributed by atoms with E-state index in [4.69, 9.17) is 23.2 Å². The van der Waals surface area contributed by atoms with Gasteiger partial charge < -0.3 is 9.80 Å². The predicted molar refractivity (Wildman–Crippen MR) is 124 cm³/mol. The molecular formula is C22H30Cl2N2O2S. The zero-order valence-corrected chi connectivity index (χ0v) is 19.8. The summed E-state index contributed by atoms with van der Waals surface area (Å²) in [6, 6.07) is 15.3. The Morgan fingerprint density at radius 3 is 1.28 bits per heavy atom. The molecule has 2 rings (SSSR count). The van der Waals surface area contributed by atoms with Gasteiger partial charge in [-0.1, -0.05) is 47.5 Å². The highest BCUT2D eigenvalue weighted by Crippen LogP contribution is 2.27. The van der Waals surface area contributed by atoms with Crippen molar-refractivity contribution in [3.8, 4) is 0 Å². The van der Waals surface area contributed by atoms with Crippen molar-refractivity contribution in [1.29, 1.82) is 0 Å². The van der Waals surface area contributed by atoms with E-state index in [1.54, 1.807) is 0 Å². The maximum Gasteiger partial charge on any atom is 0.150 e. The number of nitrogens with zero attached hydrogens (tertiary/aromatic N) is 2. The number of benzene rings is 2. The third-order valence-electron chi connectivity index (χ3n) is 5.16. The van der Waals surface area contributed by atoms with Gasteiger partial charge in [0.2, 0.25) is 0 Å². The van der Waals surface area contributed by atoms with Crippen LogP contribution in [0.5, 0.6) is 0 Å². The largest absolute Gasteiger partial charge is 0.302 e. The Hall–Kier alpha value is -1.11. The molecule has 7 heteroatoms. The summed E-state index contributed by atoms with van der Waals surface area (Å²) in [5.41, 5.74) is 2.14. The first-order valence-electron chi connectivity index (χ1n) is 9.63. The summed E-state index contributed by atoms with van der Waals surface area (Å²) in [5.74, 6) is 0.304. The normalized spacial score (nSPS) is 14.3. The maximum atomic E-state index is 12.8. The monoisotopic (exact) mass is 456 g/mol. The lowest BCUT2D eigenvalue weighted by molar-refractivity contribution is 0.289. The van der Waals surface area contributed by atoms with Gasteiger partial charge in [0.1, 0.15) is 9.84 Å². The molecule has 0 heterocycles. The van der Waals surface area contributed by atoms with Crippen molar-refractivity contribution in [1.82, 2.24) is 9.80 Å². The minimum Gasteiger partial charge on any atom is -0.302 e. The Morgan fingerprint density at radius 2 is 1.00 bits per heavy atom. The molecule has 0 fully saturated rings. The minimum atomic E-state index is -3.18. The maximum absolute atomic E-state index is 12.8. The second kappa shape index (κ2) is 10.8. The van der Waals surface area contributed by atoms with Crippen LogP contribution in [0.3, 0.4) is 0 Å². The standard InChI is InChI=1S/C22H30Cl2N2O2S/c1-25(2)21(17-5-9-19(23)10-6-17)13-15-29(27,28)16-14-22(26(3)4)18-7-11-20(24)12-8-18/h5-12,21-22H,13-16H2,1-4H3. The van der Waals surface area contributed by atoms with E-state index in [1.807, 2.05) is 76.7 Å². The highest BCUT2D eigenvalue weighted by atomic mass is 35.5. The average molecular weight is 457 g/mol. The van der Waals surface area contributed by atoms with E-state index in [1.165, 1.54) is 0 Å². The van der Waals surface area contributed by atoms with E-state index in [2.05, 4.69) is 9.80 Å². The summed E-state index contributed by atoms with van der Waals surface area (Å²) in [6.07, 6.45) is 1.09. The van der Waals surface area contributed by atoms with Gasteiger partial charge >= 0.3 is 0 Å². The second-order valence-electron chi connectivity index (χ2n) is 7.79. The van der Waals surface area contributed by atoms with E-state index in [0.29, 0.717) is 22.9 Å². The second-order valence-corrected chi connectivity index (χ2v) is 11.0. The predicted octanol–water partition coefficient (Wildman–Crippen LogP) is 5.09. The highest BCUT2D eigenvalue weighted by molar-refractivity contribution is 7.91. The minimum absolute atomic E-state index is 0.0305. The van der Waals surface area contributed by atoms with Crippen LogP contribution in [0.4, 0.5) is 0 Å². The van der Waals surface area contributed by atoms with E-state index >= 15 is 0 Å². The van der Waals surface area contributed by atoms with Crippen molar-refractivity contribution >= 4 is 33.0 Å². The third-order valence-corrected chi connectivity index (χ3v) is 7.38. The van der Waals surface area contributed by atoms with Crippen LogP contribution in [0.25, 0.3) is 0 Å². The lowest BCUT2D eigenvalue weighted by Gasteiger charge is -2.26. The highest BCUT2D eigenvalue weighted by Gasteiger charge is 2.22. The van der Waals surface area contributed by atoms with E-state index in [0.717, 1.165) is 11.1 Å². The van der Waals surface area contributed by atoms with Gasteiger partial charge in [-0.3, -0.25) is 0 Å². The molecule has 0 amide bonds. The fourth-order valence-electron chi connectivity index (χ4n) is 3.50. The summed E-state index contributed by atoms with van der Waals surface area (Å²) >= 11 is 12.0. The Bertz CT molecular complexity index is 799. The molecule has 4 nitrogen and oxygen atoms in total. The van der Waals surface area contributed by atoms with Crippen molar-refractivity contribution in [2.45, 2.75) is 24.9 Å². The van der Waals surface area contributed by atoms with E-state index < -0.39 is 9.84 Å². The fraction of sp³-hybridized carbons (Fsp3) is 0.455. The van der Waals surface area contributed by atoms with Crippen LogP contribution < -0.4 is 0 Å². The molecule has 0 spiro atoms. The summed E-state index contributed by atoms with van der Waals surface area (Å²) in [7, 11) is 4.69. The molecule has 0 saturated heterocycles. The lowest BCUT2D eigenvalue weighted by atomic mass is 10.0. The summed E-state index contributed by atoms with van der Waals surface area (Å²) < 4.78 is 25.6. The molecule has 0 aromatic heterocycles. The molecule has 2 unspecified atom stereocenters. The molecule has 0 aliphatic rings. The lowest BCUT2D eigenvalue weighted by Crippen LogP contribution is -2.26. The fourth-order valence-corrected chi connectivity index (χ4v) is 5.12. The summed E-state index contributed by atoms with van der Waals surface area (Å²) in [4.78, 5) is 4.10. The quantitative estimate of drug-likeness (QED) is 0.498. The third kappa shape index (κ3) is 7.58. The first-order valence-corrected chi connectivity index (χ1v) is 12.2. The van der Waals surface area contributed by atoms with Crippen LogP contribution in [0.1, 0.15) is 36.1 Å². The van der Waals surface area contributed by atoms with E-state index in [-0.39, 0.29) is 23.6 Å². The summed E-state index contributed by atoms with van der Waals surface area (Å²) in [5, 5.41) is 1.35. The number of hydrogen-bond acceptors (Lipinski definition) is 4.